The predicted molar refractivity (Wildman–Crippen MR) is 65.9 cm³/mol. The largest absolute Gasteiger partial charge is 0.424 e. The van der Waals surface area contributed by atoms with Crippen LogP contribution in [-0.2, 0) is 11.3 Å². The van der Waals surface area contributed by atoms with E-state index in [1.54, 1.807) is 6.92 Å². The van der Waals surface area contributed by atoms with Gasteiger partial charge in [-0.3, -0.25) is 9.69 Å². The first kappa shape index (κ1) is 13.0. The van der Waals surface area contributed by atoms with Gasteiger partial charge in [0.1, 0.15) is 0 Å². The highest BCUT2D eigenvalue weighted by molar-refractivity contribution is 5.73. The van der Waals surface area contributed by atoms with Gasteiger partial charge in [-0.05, 0) is 0 Å². The number of hydrogen-bond acceptors (Lipinski definition) is 5. The van der Waals surface area contributed by atoms with Gasteiger partial charge in [0.2, 0.25) is 17.7 Å². The highest BCUT2D eigenvalue weighted by Crippen LogP contribution is 2.14. The lowest BCUT2D eigenvalue weighted by atomic mass is 10.2. The minimum Gasteiger partial charge on any atom is -0.424 e. The number of nitrogens with zero attached hydrogens (tertiary/aromatic N) is 4. The van der Waals surface area contributed by atoms with E-state index in [4.69, 9.17) is 4.42 Å². The summed E-state index contributed by atoms with van der Waals surface area (Å²) in [6.07, 6.45) is 0. The van der Waals surface area contributed by atoms with E-state index in [1.165, 1.54) is 0 Å². The predicted octanol–water partition coefficient (Wildman–Crippen LogP) is 0.857. The molecule has 1 fully saturated rings. The SMILES string of the molecule is CC(=O)N1CCN(Cc2nnc(C(C)C)o2)CC1. The summed E-state index contributed by atoms with van der Waals surface area (Å²) in [7, 11) is 0. The standard InChI is InChI=1S/C12H20N4O2/c1-9(2)12-14-13-11(18-12)8-15-4-6-16(7-5-15)10(3)17/h9H,4-8H2,1-3H3. The maximum atomic E-state index is 11.2. The van der Waals surface area contributed by atoms with E-state index in [2.05, 4.69) is 15.1 Å². The van der Waals surface area contributed by atoms with Crippen LogP contribution in [-0.4, -0.2) is 52.1 Å². The zero-order valence-corrected chi connectivity index (χ0v) is 11.2. The van der Waals surface area contributed by atoms with Gasteiger partial charge in [-0.1, -0.05) is 13.8 Å². The summed E-state index contributed by atoms with van der Waals surface area (Å²) in [5, 5.41) is 8.06. The van der Waals surface area contributed by atoms with Gasteiger partial charge in [-0.2, -0.15) is 0 Å². The molecular weight excluding hydrogens is 232 g/mol. The summed E-state index contributed by atoms with van der Waals surface area (Å²) in [5.41, 5.74) is 0. The first-order valence-electron chi connectivity index (χ1n) is 6.36. The number of aromatic nitrogens is 2. The minimum atomic E-state index is 0.148. The van der Waals surface area contributed by atoms with Gasteiger partial charge < -0.3 is 9.32 Å². The summed E-state index contributed by atoms with van der Waals surface area (Å²) in [6.45, 7) is 9.62. The third-order valence-electron chi connectivity index (χ3n) is 3.15. The second-order valence-electron chi connectivity index (χ2n) is 4.97. The molecule has 100 valence electrons. The number of amides is 1. The molecule has 6 heteroatoms. The number of rotatable bonds is 3. The van der Waals surface area contributed by atoms with Gasteiger partial charge >= 0.3 is 0 Å². The summed E-state index contributed by atoms with van der Waals surface area (Å²) >= 11 is 0. The Hall–Kier alpha value is -1.43. The third kappa shape index (κ3) is 3.07. The van der Waals surface area contributed by atoms with Crippen molar-refractivity contribution in [2.24, 2.45) is 0 Å². The Balaban J connectivity index is 1.85. The van der Waals surface area contributed by atoms with Crippen molar-refractivity contribution < 1.29 is 9.21 Å². The van der Waals surface area contributed by atoms with Gasteiger partial charge in [0.05, 0.1) is 6.54 Å². The molecular formula is C12H20N4O2. The number of carbonyl (C=O) groups excluding carboxylic acids is 1. The monoisotopic (exact) mass is 252 g/mol. The van der Waals surface area contributed by atoms with E-state index in [0.717, 1.165) is 26.2 Å². The molecule has 0 bridgehead atoms. The van der Waals surface area contributed by atoms with E-state index >= 15 is 0 Å². The van der Waals surface area contributed by atoms with E-state index in [9.17, 15) is 4.79 Å². The second-order valence-corrected chi connectivity index (χ2v) is 4.97. The van der Waals surface area contributed by atoms with Crippen molar-refractivity contribution in [3.63, 3.8) is 0 Å². The third-order valence-corrected chi connectivity index (χ3v) is 3.15. The quantitative estimate of drug-likeness (QED) is 0.798. The van der Waals surface area contributed by atoms with Crippen LogP contribution in [0.25, 0.3) is 0 Å². The van der Waals surface area contributed by atoms with Crippen molar-refractivity contribution in [3.05, 3.63) is 11.8 Å². The van der Waals surface area contributed by atoms with E-state index < -0.39 is 0 Å². The average Bonchev–Trinajstić information content (AvgIpc) is 2.78. The van der Waals surface area contributed by atoms with Crippen molar-refractivity contribution >= 4 is 5.91 Å². The molecule has 1 aliphatic heterocycles. The molecule has 0 aromatic carbocycles. The van der Waals surface area contributed by atoms with E-state index in [1.807, 2.05) is 18.7 Å². The van der Waals surface area contributed by atoms with Gasteiger partial charge in [-0.15, -0.1) is 10.2 Å². The van der Waals surface area contributed by atoms with Gasteiger partial charge in [0, 0.05) is 39.0 Å². The van der Waals surface area contributed by atoms with Crippen LogP contribution < -0.4 is 0 Å². The summed E-state index contributed by atoms with van der Waals surface area (Å²) < 4.78 is 5.58. The van der Waals surface area contributed by atoms with Crippen molar-refractivity contribution in [2.75, 3.05) is 26.2 Å². The lowest BCUT2D eigenvalue weighted by Crippen LogP contribution is -2.47. The number of hydrogen-bond donors (Lipinski definition) is 0. The molecule has 0 radical (unpaired) electrons. The van der Waals surface area contributed by atoms with Crippen LogP contribution in [0.2, 0.25) is 0 Å². The zero-order valence-electron chi connectivity index (χ0n) is 11.2. The molecule has 1 amide bonds. The van der Waals surface area contributed by atoms with Gasteiger partial charge in [0.25, 0.3) is 0 Å². The maximum Gasteiger partial charge on any atom is 0.230 e. The van der Waals surface area contributed by atoms with Crippen LogP contribution in [0.5, 0.6) is 0 Å². The first-order valence-corrected chi connectivity index (χ1v) is 6.36. The van der Waals surface area contributed by atoms with Crippen LogP contribution in [0, 0.1) is 0 Å². The molecule has 2 rings (SSSR count). The Morgan fingerprint density at radius 2 is 1.94 bits per heavy atom. The molecule has 0 aliphatic carbocycles. The highest BCUT2D eigenvalue weighted by atomic mass is 16.4. The fraction of sp³-hybridized carbons (Fsp3) is 0.750. The molecule has 0 atom stereocenters. The number of piperazine rings is 1. The molecule has 1 aliphatic rings. The van der Waals surface area contributed by atoms with Crippen molar-refractivity contribution in [3.8, 4) is 0 Å². The molecule has 18 heavy (non-hydrogen) atoms. The smallest absolute Gasteiger partial charge is 0.230 e. The lowest BCUT2D eigenvalue weighted by Gasteiger charge is -2.33. The average molecular weight is 252 g/mol. The molecule has 6 nitrogen and oxygen atoms in total. The van der Waals surface area contributed by atoms with Crippen molar-refractivity contribution in [1.29, 1.82) is 0 Å². The van der Waals surface area contributed by atoms with Crippen LogP contribution in [0.15, 0.2) is 4.42 Å². The Bertz CT molecular complexity index is 408. The topological polar surface area (TPSA) is 62.5 Å². The van der Waals surface area contributed by atoms with Gasteiger partial charge in [-0.25, -0.2) is 0 Å². The molecule has 0 N–H and O–H groups in total. The Morgan fingerprint density at radius 1 is 1.28 bits per heavy atom. The fourth-order valence-corrected chi connectivity index (χ4v) is 1.98. The second kappa shape index (κ2) is 5.48. The summed E-state index contributed by atoms with van der Waals surface area (Å²) in [4.78, 5) is 15.3. The molecule has 1 aromatic heterocycles. The normalized spacial score (nSPS) is 17.4. The van der Waals surface area contributed by atoms with Crippen molar-refractivity contribution in [1.82, 2.24) is 20.0 Å². The highest BCUT2D eigenvalue weighted by Gasteiger charge is 2.20. The molecule has 0 saturated carbocycles. The first-order chi connectivity index (χ1) is 8.56. The van der Waals surface area contributed by atoms with Crippen LogP contribution >= 0.6 is 0 Å². The van der Waals surface area contributed by atoms with Crippen LogP contribution in [0.4, 0.5) is 0 Å². The molecule has 1 saturated heterocycles. The minimum absolute atomic E-state index is 0.148. The van der Waals surface area contributed by atoms with Crippen molar-refractivity contribution in [2.45, 2.75) is 33.2 Å². The molecule has 0 spiro atoms. The van der Waals surface area contributed by atoms with Gasteiger partial charge in [0.15, 0.2) is 0 Å². The molecule has 2 heterocycles. The van der Waals surface area contributed by atoms with E-state index in [-0.39, 0.29) is 11.8 Å². The lowest BCUT2D eigenvalue weighted by molar-refractivity contribution is -0.130. The Morgan fingerprint density at radius 3 is 2.44 bits per heavy atom. The van der Waals surface area contributed by atoms with E-state index in [0.29, 0.717) is 18.3 Å². The fourth-order valence-electron chi connectivity index (χ4n) is 1.98. The summed E-state index contributed by atoms with van der Waals surface area (Å²) in [6, 6.07) is 0. The Kier molecular flexibility index (Phi) is 3.96. The molecule has 0 unspecified atom stereocenters. The molecule has 1 aromatic rings. The Labute approximate surface area is 107 Å². The van der Waals surface area contributed by atoms with Crippen LogP contribution in [0.3, 0.4) is 0 Å². The zero-order chi connectivity index (χ0) is 13.1. The number of carbonyl (C=O) groups is 1. The summed E-state index contributed by atoms with van der Waals surface area (Å²) in [5.74, 6) is 1.76. The maximum absolute atomic E-state index is 11.2. The van der Waals surface area contributed by atoms with Crippen LogP contribution in [0.1, 0.15) is 38.5 Å².